The van der Waals surface area contributed by atoms with Gasteiger partial charge in [-0.2, -0.15) is 0 Å². The van der Waals surface area contributed by atoms with Gasteiger partial charge in [0.15, 0.2) is 6.73 Å². The number of amides is 1. The Morgan fingerprint density at radius 3 is 2.56 bits per heavy atom. The lowest BCUT2D eigenvalue weighted by Gasteiger charge is -1.98. The van der Waals surface area contributed by atoms with Gasteiger partial charge in [0.05, 0.1) is 0 Å². The summed E-state index contributed by atoms with van der Waals surface area (Å²) in [5, 5.41) is 9.77. The maximum Gasteiger partial charge on any atom is 0.407 e. The maximum atomic E-state index is 9.97. The van der Waals surface area contributed by atoms with Gasteiger partial charge >= 0.3 is 12.1 Å². The van der Waals surface area contributed by atoms with Crippen LogP contribution in [0.4, 0.5) is 4.79 Å². The smallest absolute Gasteiger partial charge is 0.407 e. The van der Waals surface area contributed by atoms with Gasteiger partial charge in [0, 0.05) is 6.92 Å². The molecule has 0 aliphatic rings. The SMILES string of the molecule is CC(=O)OCNC(=O)O. The molecule has 0 bridgehead atoms. The van der Waals surface area contributed by atoms with E-state index in [0.29, 0.717) is 0 Å². The first-order chi connectivity index (χ1) is 4.13. The zero-order valence-electron chi connectivity index (χ0n) is 4.88. The first-order valence-electron chi connectivity index (χ1n) is 2.23. The fraction of sp³-hybridized carbons (Fsp3) is 0.500. The molecular weight excluding hydrogens is 126 g/mol. The predicted octanol–water partition coefficient (Wildman–Crippen LogP) is -0.225. The van der Waals surface area contributed by atoms with Crippen molar-refractivity contribution in [3.05, 3.63) is 0 Å². The van der Waals surface area contributed by atoms with Crippen molar-refractivity contribution < 1.29 is 19.4 Å². The summed E-state index contributed by atoms with van der Waals surface area (Å²) in [6.07, 6.45) is -1.21. The van der Waals surface area contributed by atoms with Crippen LogP contribution in [0.25, 0.3) is 0 Å². The molecule has 0 atom stereocenters. The molecule has 0 saturated heterocycles. The molecular formula is C4H7NO4. The molecule has 5 heteroatoms. The van der Waals surface area contributed by atoms with E-state index in [1.807, 2.05) is 5.32 Å². The van der Waals surface area contributed by atoms with E-state index in [-0.39, 0.29) is 6.73 Å². The van der Waals surface area contributed by atoms with E-state index in [2.05, 4.69) is 4.74 Å². The summed E-state index contributed by atoms with van der Waals surface area (Å²) in [5.41, 5.74) is 0. The van der Waals surface area contributed by atoms with Crippen LogP contribution in [0.2, 0.25) is 0 Å². The summed E-state index contributed by atoms with van der Waals surface area (Å²) in [7, 11) is 0. The Kier molecular flexibility index (Phi) is 3.19. The van der Waals surface area contributed by atoms with Crippen molar-refractivity contribution in [2.24, 2.45) is 0 Å². The summed E-state index contributed by atoms with van der Waals surface area (Å²) in [5.74, 6) is -0.510. The number of rotatable bonds is 2. The topological polar surface area (TPSA) is 75.6 Å². The molecule has 0 spiro atoms. The number of nitrogens with one attached hydrogen (secondary N) is 1. The van der Waals surface area contributed by atoms with Gasteiger partial charge in [-0.3, -0.25) is 10.1 Å². The number of hydrogen-bond donors (Lipinski definition) is 2. The second kappa shape index (κ2) is 3.71. The zero-order valence-corrected chi connectivity index (χ0v) is 4.88. The Morgan fingerprint density at radius 2 is 2.22 bits per heavy atom. The molecule has 9 heavy (non-hydrogen) atoms. The van der Waals surface area contributed by atoms with Gasteiger partial charge in [-0.05, 0) is 0 Å². The molecule has 5 nitrogen and oxygen atoms in total. The Balaban J connectivity index is 3.10. The highest BCUT2D eigenvalue weighted by molar-refractivity contribution is 5.67. The third kappa shape index (κ3) is 6.74. The number of carbonyl (C=O) groups excluding carboxylic acids is 1. The molecule has 0 aliphatic heterocycles. The molecule has 0 aliphatic carbocycles. The molecule has 0 aromatic rings. The summed E-state index contributed by atoms with van der Waals surface area (Å²) in [6, 6.07) is 0. The van der Waals surface area contributed by atoms with Gasteiger partial charge in [0.1, 0.15) is 0 Å². The monoisotopic (exact) mass is 133 g/mol. The van der Waals surface area contributed by atoms with Gasteiger partial charge < -0.3 is 9.84 Å². The molecule has 0 unspecified atom stereocenters. The van der Waals surface area contributed by atoms with Gasteiger partial charge in [-0.1, -0.05) is 0 Å². The van der Waals surface area contributed by atoms with Gasteiger partial charge in [0.25, 0.3) is 0 Å². The standard InChI is InChI=1S/C4H7NO4/c1-3(6)9-2-5-4(7)8/h5H,2H2,1H3,(H,7,8). The van der Waals surface area contributed by atoms with Gasteiger partial charge in [0.2, 0.25) is 0 Å². The molecule has 52 valence electrons. The minimum absolute atomic E-state index is 0.287. The number of carbonyl (C=O) groups is 2. The van der Waals surface area contributed by atoms with E-state index >= 15 is 0 Å². The van der Waals surface area contributed by atoms with E-state index < -0.39 is 12.1 Å². The van der Waals surface area contributed by atoms with Crippen molar-refractivity contribution in [3.63, 3.8) is 0 Å². The van der Waals surface area contributed by atoms with Crippen LogP contribution in [0.15, 0.2) is 0 Å². The minimum Gasteiger partial charge on any atom is -0.465 e. The predicted molar refractivity (Wildman–Crippen MR) is 27.8 cm³/mol. The number of ether oxygens (including phenoxy) is 1. The lowest BCUT2D eigenvalue weighted by Crippen LogP contribution is -2.24. The molecule has 0 aromatic heterocycles. The third-order valence-corrected chi connectivity index (χ3v) is 0.499. The van der Waals surface area contributed by atoms with Gasteiger partial charge in [-0.15, -0.1) is 0 Å². The minimum atomic E-state index is -1.21. The second-order valence-electron chi connectivity index (χ2n) is 1.26. The highest BCUT2D eigenvalue weighted by atomic mass is 16.5. The fourth-order valence-electron chi connectivity index (χ4n) is 0.199. The third-order valence-electron chi connectivity index (χ3n) is 0.499. The largest absolute Gasteiger partial charge is 0.465 e. The summed E-state index contributed by atoms with van der Waals surface area (Å²) >= 11 is 0. The summed E-state index contributed by atoms with van der Waals surface area (Å²) < 4.78 is 4.22. The van der Waals surface area contributed by atoms with Gasteiger partial charge in [-0.25, -0.2) is 4.79 Å². The van der Waals surface area contributed by atoms with Crippen LogP contribution in [-0.2, 0) is 9.53 Å². The van der Waals surface area contributed by atoms with Crippen LogP contribution >= 0.6 is 0 Å². The van der Waals surface area contributed by atoms with E-state index in [1.165, 1.54) is 6.92 Å². The van der Waals surface area contributed by atoms with Crippen LogP contribution < -0.4 is 5.32 Å². The maximum absolute atomic E-state index is 9.97. The molecule has 0 heterocycles. The van der Waals surface area contributed by atoms with Crippen LogP contribution in [0.5, 0.6) is 0 Å². The van der Waals surface area contributed by atoms with E-state index in [0.717, 1.165) is 0 Å². The normalized spacial score (nSPS) is 8.11. The lowest BCUT2D eigenvalue weighted by molar-refractivity contribution is -0.141. The quantitative estimate of drug-likeness (QED) is 0.403. The van der Waals surface area contributed by atoms with E-state index in [4.69, 9.17) is 5.11 Å². The van der Waals surface area contributed by atoms with E-state index in [9.17, 15) is 9.59 Å². The van der Waals surface area contributed by atoms with Crippen LogP contribution in [0, 0.1) is 0 Å². The lowest BCUT2D eigenvalue weighted by atomic mass is 10.8. The van der Waals surface area contributed by atoms with Crippen molar-refractivity contribution in [3.8, 4) is 0 Å². The summed E-state index contributed by atoms with van der Waals surface area (Å²) in [6.45, 7) is 0.911. The Morgan fingerprint density at radius 1 is 1.67 bits per heavy atom. The second-order valence-corrected chi connectivity index (χ2v) is 1.26. The van der Waals surface area contributed by atoms with Crippen molar-refractivity contribution in [1.29, 1.82) is 0 Å². The van der Waals surface area contributed by atoms with Crippen molar-refractivity contribution in [2.75, 3.05) is 6.73 Å². The molecule has 2 N–H and O–H groups in total. The van der Waals surface area contributed by atoms with Crippen LogP contribution in [0.1, 0.15) is 6.92 Å². The average Bonchev–Trinajstić information content (AvgIpc) is 1.63. The first-order valence-corrected chi connectivity index (χ1v) is 2.23. The van der Waals surface area contributed by atoms with E-state index in [1.54, 1.807) is 0 Å². The molecule has 0 rings (SSSR count). The Labute approximate surface area is 51.6 Å². The number of hydrogen-bond acceptors (Lipinski definition) is 3. The van der Waals surface area contributed by atoms with Crippen molar-refractivity contribution >= 4 is 12.1 Å². The van der Waals surface area contributed by atoms with Crippen molar-refractivity contribution in [1.82, 2.24) is 5.32 Å². The molecule has 0 radical (unpaired) electrons. The Bertz CT molecular complexity index is 108. The highest BCUT2D eigenvalue weighted by Gasteiger charge is 1.93. The fourth-order valence-corrected chi connectivity index (χ4v) is 0.199. The highest BCUT2D eigenvalue weighted by Crippen LogP contribution is 1.70. The van der Waals surface area contributed by atoms with Crippen molar-refractivity contribution in [2.45, 2.75) is 6.92 Å². The average molecular weight is 133 g/mol. The molecule has 0 aromatic carbocycles. The Hall–Kier alpha value is -1.26. The van der Waals surface area contributed by atoms with Crippen LogP contribution in [-0.4, -0.2) is 23.9 Å². The molecule has 0 saturated carbocycles. The molecule has 1 amide bonds. The first kappa shape index (κ1) is 7.74. The summed E-state index contributed by atoms with van der Waals surface area (Å²) in [4.78, 5) is 19.6. The van der Waals surface area contributed by atoms with Crippen LogP contribution in [0.3, 0.4) is 0 Å². The number of carboxylic acid groups (broad SMARTS) is 1. The zero-order chi connectivity index (χ0) is 7.28. The number of esters is 1. The molecule has 0 fully saturated rings.